The molecule has 2 N–H and O–H groups in total. The van der Waals surface area contributed by atoms with Gasteiger partial charge in [-0.05, 0) is 56.0 Å². The highest BCUT2D eigenvalue weighted by Gasteiger charge is 2.21. The van der Waals surface area contributed by atoms with E-state index in [0.29, 0.717) is 19.0 Å². The fraction of sp³-hybridized carbons (Fsp3) is 0.579. The van der Waals surface area contributed by atoms with Gasteiger partial charge in [-0.3, -0.25) is 14.5 Å². The number of amides is 2. The minimum atomic E-state index is 0.00747. The number of carbonyl (C=O) groups is 2. The van der Waals surface area contributed by atoms with Gasteiger partial charge >= 0.3 is 0 Å². The number of alkyl halides is 1. The Hall–Kier alpha value is -1.15. The lowest BCUT2D eigenvalue weighted by Crippen LogP contribution is -2.43. The molecule has 0 spiro atoms. The summed E-state index contributed by atoms with van der Waals surface area (Å²) in [6.45, 7) is 5.85. The molecule has 1 aromatic carbocycles. The summed E-state index contributed by atoms with van der Waals surface area (Å²) < 4.78 is 0.906. The first-order valence-electron chi connectivity index (χ1n) is 9.04. The van der Waals surface area contributed by atoms with Crippen LogP contribution in [0.15, 0.2) is 24.3 Å². The Balaban J connectivity index is 1.69. The summed E-state index contributed by atoms with van der Waals surface area (Å²) in [6, 6.07) is 7.79. The summed E-state index contributed by atoms with van der Waals surface area (Å²) in [7, 11) is 0. The van der Waals surface area contributed by atoms with Gasteiger partial charge in [0.15, 0.2) is 0 Å². The first kappa shape index (κ1) is 20.2. The van der Waals surface area contributed by atoms with E-state index < -0.39 is 0 Å². The van der Waals surface area contributed by atoms with Crippen LogP contribution in [0.5, 0.6) is 0 Å². The SMILES string of the molecule is CCCNC(=O)CN1CCC(CNC(=O)c2cccc(CI)c2)CC1. The molecule has 138 valence electrons. The van der Waals surface area contributed by atoms with Crippen molar-refractivity contribution in [2.24, 2.45) is 5.92 Å². The monoisotopic (exact) mass is 457 g/mol. The van der Waals surface area contributed by atoms with Crippen LogP contribution in [0.4, 0.5) is 0 Å². The number of piperidine rings is 1. The minimum absolute atomic E-state index is 0.00747. The molecule has 0 aliphatic carbocycles. The number of halogens is 1. The Morgan fingerprint density at radius 1 is 1.24 bits per heavy atom. The molecule has 0 radical (unpaired) electrons. The van der Waals surface area contributed by atoms with Gasteiger partial charge in [-0.2, -0.15) is 0 Å². The second-order valence-electron chi connectivity index (χ2n) is 6.61. The van der Waals surface area contributed by atoms with Gasteiger partial charge in [0.05, 0.1) is 6.54 Å². The maximum Gasteiger partial charge on any atom is 0.251 e. The summed E-state index contributed by atoms with van der Waals surface area (Å²) in [5, 5.41) is 5.98. The number of nitrogens with one attached hydrogen (secondary N) is 2. The molecule has 1 heterocycles. The molecule has 25 heavy (non-hydrogen) atoms. The van der Waals surface area contributed by atoms with Crippen molar-refractivity contribution in [2.45, 2.75) is 30.6 Å². The third-order valence-electron chi connectivity index (χ3n) is 4.54. The van der Waals surface area contributed by atoms with Crippen LogP contribution < -0.4 is 10.6 Å². The van der Waals surface area contributed by atoms with E-state index in [1.807, 2.05) is 24.3 Å². The Morgan fingerprint density at radius 2 is 2.00 bits per heavy atom. The molecule has 6 heteroatoms. The summed E-state index contributed by atoms with van der Waals surface area (Å²) in [5.41, 5.74) is 1.90. The fourth-order valence-electron chi connectivity index (χ4n) is 3.01. The molecular weight excluding hydrogens is 429 g/mol. The maximum absolute atomic E-state index is 12.3. The van der Waals surface area contributed by atoms with Gasteiger partial charge in [-0.25, -0.2) is 0 Å². The predicted molar refractivity (Wildman–Crippen MR) is 109 cm³/mol. The summed E-state index contributed by atoms with van der Waals surface area (Å²) in [6.07, 6.45) is 3.01. The van der Waals surface area contributed by atoms with E-state index in [2.05, 4.69) is 45.0 Å². The Morgan fingerprint density at radius 3 is 2.68 bits per heavy atom. The number of hydrogen-bond acceptors (Lipinski definition) is 3. The highest BCUT2D eigenvalue weighted by atomic mass is 127. The van der Waals surface area contributed by atoms with Gasteiger partial charge in [0, 0.05) is 23.1 Å². The Labute approximate surface area is 164 Å². The number of benzene rings is 1. The van der Waals surface area contributed by atoms with Crippen molar-refractivity contribution in [1.29, 1.82) is 0 Å². The molecule has 5 nitrogen and oxygen atoms in total. The Kier molecular flexibility index (Phi) is 8.67. The zero-order chi connectivity index (χ0) is 18.1. The van der Waals surface area contributed by atoms with Crippen LogP contribution in [0, 0.1) is 5.92 Å². The highest BCUT2D eigenvalue weighted by Crippen LogP contribution is 2.16. The van der Waals surface area contributed by atoms with E-state index in [9.17, 15) is 9.59 Å². The lowest BCUT2D eigenvalue weighted by molar-refractivity contribution is -0.122. The van der Waals surface area contributed by atoms with Crippen molar-refractivity contribution in [3.63, 3.8) is 0 Å². The van der Waals surface area contributed by atoms with Gasteiger partial charge in [-0.1, -0.05) is 41.6 Å². The van der Waals surface area contributed by atoms with Crippen LogP contribution in [0.25, 0.3) is 0 Å². The number of carbonyl (C=O) groups excluding carboxylic acids is 2. The molecule has 1 saturated heterocycles. The molecule has 2 rings (SSSR count). The first-order chi connectivity index (χ1) is 12.1. The van der Waals surface area contributed by atoms with E-state index in [1.165, 1.54) is 5.56 Å². The van der Waals surface area contributed by atoms with Crippen LogP contribution in [0.2, 0.25) is 0 Å². The third-order valence-corrected chi connectivity index (χ3v) is 5.42. The topological polar surface area (TPSA) is 61.4 Å². The van der Waals surface area contributed by atoms with Crippen LogP contribution in [0.1, 0.15) is 42.1 Å². The van der Waals surface area contributed by atoms with Crippen molar-refractivity contribution in [1.82, 2.24) is 15.5 Å². The molecule has 1 fully saturated rings. The summed E-state index contributed by atoms with van der Waals surface area (Å²) >= 11 is 2.30. The van der Waals surface area contributed by atoms with Crippen molar-refractivity contribution in [2.75, 3.05) is 32.7 Å². The van der Waals surface area contributed by atoms with Gasteiger partial charge in [0.1, 0.15) is 0 Å². The first-order valence-corrected chi connectivity index (χ1v) is 10.6. The molecule has 0 atom stereocenters. The molecular formula is C19H28IN3O2. The number of nitrogens with zero attached hydrogens (tertiary/aromatic N) is 1. The second kappa shape index (κ2) is 10.8. The summed E-state index contributed by atoms with van der Waals surface area (Å²) in [5.74, 6) is 0.614. The second-order valence-corrected chi connectivity index (χ2v) is 7.38. The molecule has 0 aromatic heterocycles. The average molecular weight is 457 g/mol. The average Bonchev–Trinajstić information content (AvgIpc) is 2.65. The third kappa shape index (κ3) is 6.93. The van der Waals surface area contributed by atoms with Gasteiger partial charge in [0.25, 0.3) is 5.91 Å². The van der Waals surface area contributed by atoms with E-state index in [1.54, 1.807) is 0 Å². The summed E-state index contributed by atoms with van der Waals surface area (Å²) in [4.78, 5) is 26.3. The van der Waals surface area contributed by atoms with Crippen molar-refractivity contribution in [3.05, 3.63) is 35.4 Å². The quantitative estimate of drug-likeness (QED) is 0.466. The van der Waals surface area contributed by atoms with Crippen LogP contribution >= 0.6 is 22.6 Å². The van der Waals surface area contributed by atoms with E-state index in [0.717, 1.165) is 48.9 Å². The number of likely N-dealkylation sites (tertiary alicyclic amines) is 1. The normalized spacial score (nSPS) is 15.8. The lowest BCUT2D eigenvalue weighted by atomic mass is 9.96. The minimum Gasteiger partial charge on any atom is -0.355 e. The van der Waals surface area contributed by atoms with Crippen molar-refractivity contribution in [3.8, 4) is 0 Å². The molecule has 1 aromatic rings. The smallest absolute Gasteiger partial charge is 0.251 e. The van der Waals surface area contributed by atoms with Crippen LogP contribution in [0.3, 0.4) is 0 Å². The molecule has 0 unspecified atom stereocenters. The van der Waals surface area contributed by atoms with Crippen LogP contribution in [-0.4, -0.2) is 49.4 Å². The molecule has 1 aliphatic rings. The van der Waals surface area contributed by atoms with Gasteiger partial charge in [0.2, 0.25) is 5.91 Å². The van der Waals surface area contributed by atoms with Crippen molar-refractivity contribution < 1.29 is 9.59 Å². The van der Waals surface area contributed by atoms with Gasteiger partial charge < -0.3 is 10.6 Å². The highest BCUT2D eigenvalue weighted by molar-refractivity contribution is 14.1. The van der Waals surface area contributed by atoms with E-state index in [-0.39, 0.29) is 11.8 Å². The number of rotatable bonds is 8. The van der Waals surface area contributed by atoms with E-state index in [4.69, 9.17) is 0 Å². The van der Waals surface area contributed by atoms with Crippen molar-refractivity contribution >= 4 is 34.4 Å². The largest absolute Gasteiger partial charge is 0.355 e. The zero-order valence-corrected chi connectivity index (χ0v) is 17.0. The molecule has 2 amide bonds. The van der Waals surface area contributed by atoms with Gasteiger partial charge in [-0.15, -0.1) is 0 Å². The standard InChI is InChI=1S/C19H28IN3O2/c1-2-8-21-18(24)14-23-9-6-15(7-10-23)13-22-19(25)17-5-3-4-16(11-17)12-20/h3-5,11,15H,2,6-10,12-14H2,1H3,(H,21,24)(H,22,25). The molecule has 1 aliphatic heterocycles. The molecule has 0 bridgehead atoms. The zero-order valence-electron chi connectivity index (χ0n) is 14.9. The Bertz CT molecular complexity index is 572. The van der Waals surface area contributed by atoms with E-state index >= 15 is 0 Å². The fourth-order valence-corrected chi connectivity index (χ4v) is 3.48. The lowest BCUT2D eigenvalue weighted by Gasteiger charge is -2.31. The number of hydrogen-bond donors (Lipinski definition) is 2. The maximum atomic E-state index is 12.3. The van der Waals surface area contributed by atoms with Crippen LogP contribution in [-0.2, 0) is 9.22 Å². The molecule has 0 saturated carbocycles. The predicted octanol–water partition coefficient (Wildman–Crippen LogP) is 2.59.